The molecule has 1 amide bonds. The van der Waals surface area contributed by atoms with Crippen LogP contribution in [0.5, 0.6) is 0 Å². The minimum atomic E-state index is -0.433. The van der Waals surface area contributed by atoms with Crippen LogP contribution in [0.15, 0.2) is 47.4 Å². The number of benzene rings is 2. The standard InChI is InChI=1S/C15H14ClFN2OS/c16-11-7-10(5-6-12(11)17)8-19-13-3-1-2-4-14(13)21-9-15(18)20/h1-7,19H,8-9H2,(H2,18,20). The Morgan fingerprint density at radius 2 is 2.05 bits per heavy atom. The van der Waals surface area contributed by atoms with Gasteiger partial charge in [0.1, 0.15) is 5.82 Å². The highest BCUT2D eigenvalue weighted by atomic mass is 35.5. The predicted octanol–water partition coefficient (Wildman–Crippen LogP) is 3.67. The van der Waals surface area contributed by atoms with Crippen LogP contribution in [0.4, 0.5) is 10.1 Å². The van der Waals surface area contributed by atoms with Crippen LogP contribution in [0.25, 0.3) is 0 Å². The van der Waals surface area contributed by atoms with E-state index >= 15 is 0 Å². The van der Waals surface area contributed by atoms with E-state index in [9.17, 15) is 9.18 Å². The number of rotatable bonds is 6. The third-order valence-corrected chi connectivity index (χ3v) is 4.11. The Balaban J connectivity index is 2.05. The molecule has 0 saturated carbocycles. The van der Waals surface area contributed by atoms with E-state index in [1.165, 1.54) is 17.8 Å². The van der Waals surface area contributed by atoms with E-state index in [1.807, 2.05) is 24.3 Å². The van der Waals surface area contributed by atoms with Crippen LogP contribution < -0.4 is 11.1 Å². The van der Waals surface area contributed by atoms with E-state index in [2.05, 4.69) is 5.32 Å². The first-order valence-electron chi connectivity index (χ1n) is 6.24. The fraction of sp³-hybridized carbons (Fsp3) is 0.133. The van der Waals surface area contributed by atoms with E-state index in [0.29, 0.717) is 6.54 Å². The lowest BCUT2D eigenvalue weighted by Gasteiger charge is -2.11. The first-order valence-corrected chi connectivity index (χ1v) is 7.60. The summed E-state index contributed by atoms with van der Waals surface area (Å²) in [6.45, 7) is 0.508. The molecular formula is C15H14ClFN2OS. The van der Waals surface area contributed by atoms with Crippen LogP contribution in [0.1, 0.15) is 5.56 Å². The lowest BCUT2D eigenvalue weighted by molar-refractivity contribution is -0.115. The fourth-order valence-electron chi connectivity index (χ4n) is 1.73. The van der Waals surface area contributed by atoms with Crippen LogP contribution >= 0.6 is 23.4 Å². The minimum absolute atomic E-state index is 0.102. The molecule has 2 aromatic carbocycles. The lowest BCUT2D eigenvalue weighted by atomic mass is 10.2. The Morgan fingerprint density at radius 3 is 2.76 bits per heavy atom. The van der Waals surface area contributed by atoms with Crippen molar-refractivity contribution < 1.29 is 9.18 Å². The molecule has 2 aromatic rings. The van der Waals surface area contributed by atoms with E-state index in [-0.39, 0.29) is 16.7 Å². The van der Waals surface area contributed by atoms with Gasteiger partial charge in [0.05, 0.1) is 10.8 Å². The van der Waals surface area contributed by atoms with Gasteiger partial charge in [-0.2, -0.15) is 0 Å². The second-order valence-corrected chi connectivity index (χ2v) is 5.78. The molecule has 0 aliphatic heterocycles. The molecule has 0 aromatic heterocycles. The van der Waals surface area contributed by atoms with Crippen LogP contribution in [-0.2, 0) is 11.3 Å². The second kappa shape index (κ2) is 7.33. The molecule has 0 atom stereocenters. The number of hydrogen-bond donors (Lipinski definition) is 2. The summed E-state index contributed by atoms with van der Waals surface area (Å²) >= 11 is 7.13. The zero-order valence-electron chi connectivity index (χ0n) is 11.1. The fourth-order valence-corrected chi connectivity index (χ4v) is 2.71. The first-order chi connectivity index (χ1) is 10.1. The van der Waals surface area contributed by atoms with Gasteiger partial charge in [-0.1, -0.05) is 29.8 Å². The van der Waals surface area contributed by atoms with E-state index in [1.54, 1.807) is 12.1 Å². The molecule has 0 fully saturated rings. The van der Waals surface area contributed by atoms with Crippen molar-refractivity contribution in [2.75, 3.05) is 11.1 Å². The number of carbonyl (C=O) groups is 1. The van der Waals surface area contributed by atoms with Gasteiger partial charge in [0.25, 0.3) is 0 Å². The summed E-state index contributed by atoms with van der Waals surface area (Å²) in [5.74, 6) is -0.570. The zero-order chi connectivity index (χ0) is 15.2. The van der Waals surface area contributed by atoms with Gasteiger partial charge >= 0.3 is 0 Å². The smallest absolute Gasteiger partial charge is 0.227 e. The molecule has 0 aliphatic rings. The molecule has 21 heavy (non-hydrogen) atoms. The summed E-state index contributed by atoms with van der Waals surface area (Å²) in [6.07, 6.45) is 0. The van der Waals surface area contributed by atoms with Crippen molar-refractivity contribution in [2.45, 2.75) is 11.4 Å². The number of para-hydroxylation sites is 1. The molecule has 0 unspecified atom stereocenters. The molecule has 0 heterocycles. The zero-order valence-corrected chi connectivity index (χ0v) is 12.7. The summed E-state index contributed by atoms with van der Waals surface area (Å²) < 4.78 is 13.1. The predicted molar refractivity (Wildman–Crippen MR) is 85.1 cm³/mol. The molecule has 6 heteroatoms. The summed E-state index contributed by atoms with van der Waals surface area (Å²) in [5, 5.41) is 3.35. The molecule has 3 N–H and O–H groups in total. The van der Waals surface area contributed by atoms with Crippen LogP contribution in [-0.4, -0.2) is 11.7 Å². The maximum atomic E-state index is 13.1. The monoisotopic (exact) mass is 324 g/mol. The third kappa shape index (κ3) is 4.65. The van der Waals surface area contributed by atoms with Gasteiger partial charge in [-0.3, -0.25) is 4.79 Å². The number of halogens is 2. The van der Waals surface area contributed by atoms with Gasteiger partial charge in [-0.25, -0.2) is 4.39 Å². The lowest BCUT2D eigenvalue weighted by Crippen LogP contribution is -2.13. The third-order valence-electron chi connectivity index (χ3n) is 2.72. The highest BCUT2D eigenvalue weighted by molar-refractivity contribution is 8.00. The van der Waals surface area contributed by atoms with Crippen molar-refractivity contribution in [3.63, 3.8) is 0 Å². The number of nitrogens with two attached hydrogens (primary N) is 1. The number of carbonyl (C=O) groups excluding carboxylic acids is 1. The van der Waals surface area contributed by atoms with Gasteiger partial charge in [0, 0.05) is 17.1 Å². The Hall–Kier alpha value is -1.72. The molecule has 110 valence electrons. The molecular weight excluding hydrogens is 311 g/mol. The Bertz CT molecular complexity index is 651. The normalized spacial score (nSPS) is 10.4. The molecule has 0 bridgehead atoms. The summed E-state index contributed by atoms with van der Waals surface area (Å²) in [5.41, 5.74) is 6.92. The molecule has 0 spiro atoms. The second-order valence-electron chi connectivity index (χ2n) is 4.35. The number of hydrogen-bond acceptors (Lipinski definition) is 3. The quantitative estimate of drug-likeness (QED) is 0.797. The average molecular weight is 325 g/mol. The summed E-state index contributed by atoms with van der Waals surface area (Å²) in [6, 6.07) is 12.2. The number of amides is 1. The number of nitrogens with one attached hydrogen (secondary N) is 1. The van der Waals surface area contributed by atoms with Gasteiger partial charge in [-0.15, -0.1) is 11.8 Å². The van der Waals surface area contributed by atoms with Gasteiger partial charge in [0.2, 0.25) is 5.91 Å². The maximum absolute atomic E-state index is 13.1. The minimum Gasteiger partial charge on any atom is -0.380 e. The van der Waals surface area contributed by atoms with E-state index in [4.69, 9.17) is 17.3 Å². The van der Waals surface area contributed by atoms with Gasteiger partial charge in [0.15, 0.2) is 0 Å². The largest absolute Gasteiger partial charge is 0.380 e. The summed E-state index contributed by atoms with van der Waals surface area (Å²) in [4.78, 5) is 11.8. The van der Waals surface area contributed by atoms with Crippen molar-refractivity contribution in [1.82, 2.24) is 0 Å². The van der Waals surface area contributed by atoms with Crippen molar-refractivity contribution in [1.29, 1.82) is 0 Å². The molecule has 0 aliphatic carbocycles. The van der Waals surface area contributed by atoms with Crippen LogP contribution in [0.2, 0.25) is 5.02 Å². The molecule has 2 rings (SSSR count). The first kappa shape index (κ1) is 15.7. The van der Waals surface area contributed by atoms with E-state index in [0.717, 1.165) is 16.1 Å². The number of anilines is 1. The number of thioether (sulfide) groups is 1. The maximum Gasteiger partial charge on any atom is 0.227 e. The SMILES string of the molecule is NC(=O)CSc1ccccc1NCc1ccc(F)c(Cl)c1. The van der Waals surface area contributed by atoms with Crippen molar-refractivity contribution in [2.24, 2.45) is 5.73 Å². The Kier molecular flexibility index (Phi) is 5.47. The highest BCUT2D eigenvalue weighted by Crippen LogP contribution is 2.27. The van der Waals surface area contributed by atoms with Crippen molar-refractivity contribution >= 4 is 35.0 Å². The van der Waals surface area contributed by atoms with Crippen molar-refractivity contribution in [3.05, 3.63) is 58.9 Å². The Morgan fingerprint density at radius 1 is 1.29 bits per heavy atom. The van der Waals surface area contributed by atoms with Gasteiger partial charge in [-0.05, 0) is 29.8 Å². The molecule has 0 radical (unpaired) electrons. The highest BCUT2D eigenvalue weighted by Gasteiger charge is 2.05. The van der Waals surface area contributed by atoms with Crippen LogP contribution in [0.3, 0.4) is 0 Å². The Labute approximate surface area is 131 Å². The topological polar surface area (TPSA) is 55.1 Å². The van der Waals surface area contributed by atoms with Crippen molar-refractivity contribution in [3.8, 4) is 0 Å². The number of primary amides is 1. The van der Waals surface area contributed by atoms with Gasteiger partial charge < -0.3 is 11.1 Å². The molecule has 0 saturated heterocycles. The molecule has 3 nitrogen and oxygen atoms in total. The summed E-state index contributed by atoms with van der Waals surface area (Å²) in [7, 11) is 0. The average Bonchev–Trinajstić information content (AvgIpc) is 2.47. The van der Waals surface area contributed by atoms with Crippen LogP contribution in [0, 0.1) is 5.82 Å². The van der Waals surface area contributed by atoms with E-state index < -0.39 is 5.82 Å².